The van der Waals surface area contributed by atoms with Crippen LogP contribution in [0.25, 0.3) is 11.0 Å². The van der Waals surface area contributed by atoms with E-state index in [-0.39, 0.29) is 0 Å². The van der Waals surface area contributed by atoms with Gasteiger partial charge in [-0.25, -0.2) is 9.97 Å². The molecular formula is C15H22N4. The number of aromatic amines is 1. The molecule has 0 amide bonds. The average Bonchev–Trinajstić information content (AvgIpc) is 2.85. The van der Waals surface area contributed by atoms with E-state index in [0.29, 0.717) is 6.04 Å². The summed E-state index contributed by atoms with van der Waals surface area (Å²) in [6.07, 6.45) is 9.95. The van der Waals surface area contributed by atoms with Crippen LogP contribution >= 0.6 is 0 Å². The van der Waals surface area contributed by atoms with E-state index in [1.807, 2.05) is 0 Å². The van der Waals surface area contributed by atoms with Crippen LogP contribution in [0.1, 0.15) is 45.1 Å². The Morgan fingerprint density at radius 1 is 1.32 bits per heavy atom. The van der Waals surface area contributed by atoms with Gasteiger partial charge in [-0.15, -0.1) is 0 Å². The van der Waals surface area contributed by atoms with Crippen molar-refractivity contribution in [1.29, 1.82) is 0 Å². The number of nitrogens with one attached hydrogen (secondary N) is 2. The van der Waals surface area contributed by atoms with Crippen molar-refractivity contribution < 1.29 is 0 Å². The first-order valence-corrected chi connectivity index (χ1v) is 7.37. The second-order valence-corrected chi connectivity index (χ2v) is 5.63. The fraction of sp³-hybridized carbons (Fsp3) is 0.600. The van der Waals surface area contributed by atoms with E-state index < -0.39 is 0 Å². The van der Waals surface area contributed by atoms with Gasteiger partial charge in [0.15, 0.2) is 0 Å². The number of anilines is 1. The highest BCUT2D eigenvalue weighted by Crippen LogP contribution is 2.29. The van der Waals surface area contributed by atoms with Crippen LogP contribution in [0.2, 0.25) is 0 Å². The number of hydrogen-bond donors (Lipinski definition) is 2. The predicted octanol–water partition coefficient (Wildman–Crippen LogP) is 3.51. The first kappa shape index (κ1) is 12.5. The molecule has 0 aromatic carbocycles. The van der Waals surface area contributed by atoms with Crippen LogP contribution in [0.5, 0.6) is 0 Å². The van der Waals surface area contributed by atoms with Gasteiger partial charge in [-0.2, -0.15) is 0 Å². The van der Waals surface area contributed by atoms with E-state index in [1.165, 1.54) is 36.6 Å². The molecular weight excluding hydrogens is 236 g/mol. The highest BCUT2D eigenvalue weighted by Gasteiger charge is 2.22. The molecule has 2 N–H and O–H groups in total. The summed E-state index contributed by atoms with van der Waals surface area (Å²) in [6, 6.07) is 0.548. The van der Waals surface area contributed by atoms with Gasteiger partial charge in [-0.1, -0.05) is 26.7 Å². The number of aromatic nitrogens is 3. The van der Waals surface area contributed by atoms with Gasteiger partial charge < -0.3 is 10.3 Å². The Morgan fingerprint density at radius 3 is 2.95 bits per heavy atom. The van der Waals surface area contributed by atoms with Gasteiger partial charge in [0.1, 0.15) is 17.8 Å². The Bertz CT molecular complexity index is 560. The molecule has 2 unspecified atom stereocenters. The first-order chi connectivity index (χ1) is 9.29. The van der Waals surface area contributed by atoms with Gasteiger partial charge in [-0.3, -0.25) is 0 Å². The van der Waals surface area contributed by atoms with E-state index in [4.69, 9.17) is 0 Å². The van der Waals surface area contributed by atoms with Crippen LogP contribution < -0.4 is 5.32 Å². The summed E-state index contributed by atoms with van der Waals surface area (Å²) in [5, 5.41) is 4.83. The van der Waals surface area contributed by atoms with Crippen LogP contribution in [0.15, 0.2) is 12.5 Å². The van der Waals surface area contributed by atoms with Gasteiger partial charge in [0.05, 0.1) is 5.39 Å². The van der Waals surface area contributed by atoms with Crippen LogP contribution in [-0.4, -0.2) is 21.0 Å². The number of nitrogens with zero attached hydrogens (tertiary/aromatic N) is 2. The molecule has 0 bridgehead atoms. The molecule has 2 atom stereocenters. The molecule has 0 spiro atoms. The van der Waals surface area contributed by atoms with Crippen molar-refractivity contribution in [1.82, 2.24) is 15.0 Å². The lowest BCUT2D eigenvalue weighted by Crippen LogP contribution is -2.30. The smallest absolute Gasteiger partial charge is 0.143 e. The molecule has 19 heavy (non-hydrogen) atoms. The Kier molecular flexibility index (Phi) is 3.40. The number of H-pyrrole nitrogens is 1. The molecule has 1 saturated carbocycles. The Labute approximate surface area is 114 Å². The Hall–Kier alpha value is -1.58. The molecule has 4 nitrogen and oxygen atoms in total. The van der Waals surface area contributed by atoms with Crippen molar-refractivity contribution in [3.05, 3.63) is 18.1 Å². The Morgan fingerprint density at radius 2 is 2.16 bits per heavy atom. The molecule has 0 saturated heterocycles. The molecule has 1 aliphatic rings. The molecule has 102 valence electrons. The normalized spacial score (nSPS) is 23.7. The molecule has 4 heteroatoms. The average molecular weight is 258 g/mol. The van der Waals surface area contributed by atoms with Gasteiger partial charge in [-0.05, 0) is 30.7 Å². The standard InChI is InChI=1S/C15H22N4/c1-3-11-8-16-14-13(11)15(18-9-17-14)19-12-7-5-4-6-10(12)2/h8-10,12H,3-7H2,1-2H3,(H2,16,17,18,19). The quantitative estimate of drug-likeness (QED) is 0.885. The van der Waals surface area contributed by atoms with E-state index in [0.717, 1.165) is 23.8 Å². The van der Waals surface area contributed by atoms with E-state index in [2.05, 4.69) is 40.3 Å². The van der Waals surface area contributed by atoms with Crippen molar-refractivity contribution in [2.45, 2.75) is 52.0 Å². The molecule has 0 aliphatic heterocycles. The minimum absolute atomic E-state index is 0.548. The van der Waals surface area contributed by atoms with Crippen molar-refractivity contribution in [3.63, 3.8) is 0 Å². The second-order valence-electron chi connectivity index (χ2n) is 5.63. The third kappa shape index (κ3) is 2.31. The number of fused-ring (bicyclic) bond motifs is 1. The van der Waals surface area contributed by atoms with Gasteiger partial charge in [0, 0.05) is 12.2 Å². The van der Waals surface area contributed by atoms with Crippen LogP contribution in [0.3, 0.4) is 0 Å². The summed E-state index contributed by atoms with van der Waals surface area (Å²) >= 11 is 0. The second kappa shape index (κ2) is 5.19. The maximum absolute atomic E-state index is 4.47. The third-order valence-electron chi connectivity index (χ3n) is 4.37. The lowest BCUT2D eigenvalue weighted by Gasteiger charge is -2.30. The van der Waals surface area contributed by atoms with E-state index in [9.17, 15) is 0 Å². The molecule has 2 aromatic heterocycles. The van der Waals surface area contributed by atoms with E-state index >= 15 is 0 Å². The topological polar surface area (TPSA) is 53.6 Å². The van der Waals surface area contributed by atoms with Crippen LogP contribution in [0, 0.1) is 5.92 Å². The van der Waals surface area contributed by atoms with Crippen molar-refractivity contribution in [2.24, 2.45) is 5.92 Å². The van der Waals surface area contributed by atoms with Crippen LogP contribution in [0.4, 0.5) is 5.82 Å². The lowest BCUT2D eigenvalue weighted by molar-refractivity contribution is 0.349. The fourth-order valence-electron chi connectivity index (χ4n) is 3.12. The van der Waals surface area contributed by atoms with Crippen molar-refractivity contribution >= 4 is 16.9 Å². The highest BCUT2D eigenvalue weighted by atomic mass is 15.1. The zero-order valence-corrected chi connectivity index (χ0v) is 11.7. The van der Waals surface area contributed by atoms with Crippen molar-refractivity contribution in [3.8, 4) is 0 Å². The minimum atomic E-state index is 0.548. The molecule has 1 aliphatic carbocycles. The monoisotopic (exact) mass is 258 g/mol. The summed E-state index contributed by atoms with van der Waals surface area (Å²) in [5.41, 5.74) is 2.24. The maximum Gasteiger partial charge on any atom is 0.143 e. The lowest BCUT2D eigenvalue weighted by atomic mass is 9.86. The third-order valence-corrected chi connectivity index (χ3v) is 4.37. The Balaban J connectivity index is 1.93. The minimum Gasteiger partial charge on any atom is -0.366 e. The number of rotatable bonds is 3. The van der Waals surface area contributed by atoms with Crippen LogP contribution in [-0.2, 0) is 6.42 Å². The van der Waals surface area contributed by atoms with E-state index in [1.54, 1.807) is 6.33 Å². The summed E-state index contributed by atoms with van der Waals surface area (Å²) in [4.78, 5) is 12.0. The number of aryl methyl sites for hydroxylation is 1. The molecule has 2 aromatic rings. The summed E-state index contributed by atoms with van der Waals surface area (Å²) in [6.45, 7) is 4.51. The molecule has 3 rings (SSSR count). The zero-order valence-electron chi connectivity index (χ0n) is 11.7. The number of hydrogen-bond acceptors (Lipinski definition) is 3. The predicted molar refractivity (Wildman–Crippen MR) is 78.3 cm³/mol. The fourth-order valence-corrected chi connectivity index (χ4v) is 3.12. The molecule has 0 radical (unpaired) electrons. The zero-order chi connectivity index (χ0) is 13.2. The highest BCUT2D eigenvalue weighted by molar-refractivity contribution is 5.90. The maximum atomic E-state index is 4.47. The van der Waals surface area contributed by atoms with Gasteiger partial charge in [0.25, 0.3) is 0 Å². The molecule has 2 heterocycles. The SMILES string of the molecule is CCc1c[nH]c2ncnc(NC3CCCCC3C)c12. The van der Waals surface area contributed by atoms with Crippen molar-refractivity contribution in [2.75, 3.05) is 5.32 Å². The summed E-state index contributed by atoms with van der Waals surface area (Å²) < 4.78 is 0. The summed E-state index contributed by atoms with van der Waals surface area (Å²) in [5.74, 6) is 1.73. The first-order valence-electron chi connectivity index (χ1n) is 7.37. The van der Waals surface area contributed by atoms with Gasteiger partial charge in [0.2, 0.25) is 0 Å². The van der Waals surface area contributed by atoms with Gasteiger partial charge >= 0.3 is 0 Å². The molecule has 1 fully saturated rings. The largest absolute Gasteiger partial charge is 0.366 e. The summed E-state index contributed by atoms with van der Waals surface area (Å²) in [7, 11) is 0.